The zero-order chi connectivity index (χ0) is 13.8. The van der Waals surface area contributed by atoms with Crippen LogP contribution in [0.3, 0.4) is 0 Å². The van der Waals surface area contributed by atoms with Gasteiger partial charge >= 0.3 is 0 Å². The average molecular weight is 249 g/mol. The van der Waals surface area contributed by atoms with E-state index in [9.17, 15) is 5.11 Å². The van der Waals surface area contributed by atoms with Crippen LogP contribution in [0, 0.1) is 0 Å². The van der Waals surface area contributed by atoms with Crippen LogP contribution in [0.2, 0.25) is 0 Å². The second kappa shape index (κ2) is 6.24. The lowest BCUT2D eigenvalue weighted by molar-refractivity contribution is 0.445. The van der Waals surface area contributed by atoms with Crippen LogP contribution in [-0.4, -0.2) is 5.11 Å². The molecule has 1 aromatic carbocycles. The molecule has 2 heteroatoms. The highest BCUT2D eigenvalue weighted by atomic mass is 16.3. The molecule has 0 unspecified atom stereocenters. The van der Waals surface area contributed by atoms with Gasteiger partial charge in [0.05, 0.1) is 0 Å². The molecule has 0 spiro atoms. The van der Waals surface area contributed by atoms with Crippen molar-refractivity contribution >= 4 is 0 Å². The van der Waals surface area contributed by atoms with Gasteiger partial charge in [0.2, 0.25) is 0 Å². The molecule has 3 N–H and O–H groups in total. The summed E-state index contributed by atoms with van der Waals surface area (Å²) in [6.45, 7) is 9.08. The molecule has 0 saturated heterocycles. The molecule has 0 aliphatic rings. The minimum absolute atomic E-state index is 0.0310. The predicted octanol–water partition coefficient (Wildman–Crippen LogP) is 3.88. The first-order valence-corrected chi connectivity index (χ1v) is 6.95. The zero-order valence-electron chi connectivity index (χ0n) is 12.2. The summed E-state index contributed by atoms with van der Waals surface area (Å²) >= 11 is 0. The van der Waals surface area contributed by atoms with Gasteiger partial charge in [-0.2, -0.15) is 0 Å². The predicted molar refractivity (Wildman–Crippen MR) is 77.9 cm³/mol. The number of hydrogen-bond acceptors (Lipinski definition) is 2. The van der Waals surface area contributed by atoms with Gasteiger partial charge in [-0.05, 0) is 41.0 Å². The van der Waals surface area contributed by atoms with Gasteiger partial charge in [-0.15, -0.1) is 0 Å². The van der Waals surface area contributed by atoms with E-state index in [1.165, 1.54) is 24.8 Å². The molecule has 0 aliphatic heterocycles. The number of nitrogens with two attached hydrogens (primary N) is 1. The Bertz CT molecular complexity index is 391. The maximum absolute atomic E-state index is 10.1. The first kappa shape index (κ1) is 15.0. The molecule has 18 heavy (non-hydrogen) atoms. The van der Waals surface area contributed by atoms with E-state index in [4.69, 9.17) is 5.73 Å². The monoisotopic (exact) mass is 249 g/mol. The summed E-state index contributed by atoms with van der Waals surface area (Å²) in [6.07, 6.45) is 4.72. The number of phenolic OH excluding ortho intramolecular Hbond substituents is 1. The van der Waals surface area contributed by atoms with E-state index in [-0.39, 0.29) is 5.41 Å². The van der Waals surface area contributed by atoms with Crippen molar-refractivity contribution in [2.24, 2.45) is 5.73 Å². The van der Waals surface area contributed by atoms with Gasteiger partial charge in [0.15, 0.2) is 0 Å². The fraction of sp³-hybridized carbons (Fsp3) is 0.625. The number of rotatable bonds is 5. The molecule has 2 nitrogen and oxygen atoms in total. The number of phenols is 1. The van der Waals surface area contributed by atoms with Crippen LogP contribution in [-0.2, 0) is 18.4 Å². The van der Waals surface area contributed by atoms with Crippen molar-refractivity contribution in [1.29, 1.82) is 0 Å². The van der Waals surface area contributed by atoms with Crippen LogP contribution in [0.25, 0.3) is 0 Å². The fourth-order valence-corrected chi connectivity index (χ4v) is 2.27. The summed E-state index contributed by atoms with van der Waals surface area (Å²) in [5.74, 6) is 0.377. The summed E-state index contributed by atoms with van der Waals surface area (Å²) in [5.41, 5.74) is 9.14. The van der Waals surface area contributed by atoms with Crippen LogP contribution in [0.5, 0.6) is 5.75 Å². The van der Waals surface area contributed by atoms with Crippen molar-refractivity contribution in [1.82, 2.24) is 0 Å². The van der Waals surface area contributed by atoms with E-state index in [1.807, 2.05) is 6.07 Å². The minimum atomic E-state index is -0.0310. The highest BCUT2D eigenvalue weighted by Gasteiger charge is 2.19. The summed E-state index contributed by atoms with van der Waals surface area (Å²) < 4.78 is 0. The van der Waals surface area contributed by atoms with E-state index in [0.29, 0.717) is 12.3 Å². The van der Waals surface area contributed by atoms with Crippen molar-refractivity contribution in [2.75, 3.05) is 0 Å². The molecular weight excluding hydrogens is 222 g/mol. The van der Waals surface area contributed by atoms with Crippen LogP contribution in [0.1, 0.15) is 63.6 Å². The smallest absolute Gasteiger partial charge is 0.119 e. The topological polar surface area (TPSA) is 46.2 Å². The first-order chi connectivity index (χ1) is 8.40. The Labute approximate surface area is 111 Å². The van der Waals surface area contributed by atoms with Crippen LogP contribution < -0.4 is 5.73 Å². The molecule has 0 aliphatic carbocycles. The minimum Gasteiger partial charge on any atom is -0.508 e. The summed E-state index contributed by atoms with van der Waals surface area (Å²) in [5, 5.41) is 10.1. The number of benzene rings is 1. The number of unbranched alkanes of at least 4 members (excludes halogenated alkanes) is 2. The molecule has 0 saturated carbocycles. The Morgan fingerprint density at radius 3 is 2.28 bits per heavy atom. The molecule has 0 heterocycles. The molecule has 1 aromatic rings. The van der Waals surface area contributed by atoms with Crippen molar-refractivity contribution in [3.63, 3.8) is 0 Å². The molecule has 102 valence electrons. The largest absolute Gasteiger partial charge is 0.508 e. The molecule has 0 amide bonds. The van der Waals surface area contributed by atoms with Crippen LogP contribution in [0.4, 0.5) is 0 Å². The van der Waals surface area contributed by atoms with Crippen molar-refractivity contribution in [3.05, 3.63) is 28.8 Å². The Morgan fingerprint density at radius 1 is 1.11 bits per heavy atom. The van der Waals surface area contributed by atoms with E-state index in [0.717, 1.165) is 17.5 Å². The maximum atomic E-state index is 10.1. The normalized spacial score (nSPS) is 11.8. The third-order valence-electron chi connectivity index (χ3n) is 3.40. The van der Waals surface area contributed by atoms with Crippen molar-refractivity contribution in [3.8, 4) is 5.75 Å². The molecule has 0 bridgehead atoms. The number of aromatic hydroxyl groups is 1. The van der Waals surface area contributed by atoms with E-state index in [2.05, 4.69) is 33.8 Å². The summed E-state index contributed by atoms with van der Waals surface area (Å²) in [7, 11) is 0. The molecular formula is C16H27NO. The number of hydrogen-bond donors (Lipinski definition) is 2. The van der Waals surface area contributed by atoms with Crippen LogP contribution >= 0.6 is 0 Å². The third-order valence-corrected chi connectivity index (χ3v) is 3.40. The standard InChI is InChI=1S/C16H27NO/c1-5-6-7-8-12-9-14(16(2,3)4)15(18)10-13(12)11-17/h9-10,18H,5-8,11,17H2,1-4H3. The SMILES string of the molecule is CCCCCc1cc(C(C)(C)C)c(O)cc1CN. The van der Waals surface area contributed by atoms with Gasteiger partial charge in [0, 0.05) is 6.54 Å². The number of aryl methyl sites for hydroxylation is 1. The Hall–Kier alpha value is -1.02. The summed E-state index contributed by atoms with van der Waals surface area (Å²) in [6, 6.07) is 4.00. The lowest BCUT2D eigenvalue weighted by Crippen LogP contribution is -2.13. The lowest BCUT2D eigenvalue weighted by Gasteiger charge is -2.23. The molecule has 1 rings (SSSR count). The second-order valence-corrected chi connectivity index (χ2v) is 6.05. The molecule has 0 radical (unpaired) electrons. The molecule has 0 atom stereocenters. The quantitative estimate of drug-likeness (QED) is 0.778. The van der Waals surface area contributed by atoms with Gasteiger partial charge < -0.3 is 10.8 Å². The zero-order valence-corrected chi connectivity index (χ0v) is 12.2. The highest BCUT2D eigenvalue weighted by molar-refractivity contribution is 5.45. The molecule has 0 aromatic heterocycles. The van der Waals surface area contributed by atoms with E-state index >= 15 is 0 Å². The van der Waals surface area contributed by atoms with Gasteiger partial charge in [-0.1, -0.05) is 46.6 Å². The van der Waals surface area contributed by atoms with Gasteiger partial charge in [0.25, 0.3) is 0 Å². The Balaban J connectivity index is 3.06. The van der Waals surface area contributed by atoms with Crippen molar-refractivity contribution < 1.29 is 5.11 Å². The average Bonchev–Trinajstić information content (AvgIpc) is 2.29. The highest BCUT2D eigenvalue weighted by Crippen LogP contribution is 2.33. The van der Waals surface area contributed by atoms with Gasteiger partial charge in [-0.25, -0.2) is 0 Å². The fourth-order valence-electron chi connectivity index (χ4n) is 2.27. The van der Waals surface area contributed by atoms with Crippen molar-refractivity contribution in [2.45, 2.75) is 65.3 Å². The van der Waals surface area contributed by atoms with Gasteiger partial charge in [0.1, 0.15) is 5.75 Å². The first-order valence-electron chi connectivity index (χ1n) is 6.95. The maximum Gasteiger partial charge on any atom is 0.119 e. The van der Waals surface area contributed by atoms with E-state index in [1.54, 1.807) is 0 Å². The summed E-state index contributed by atoms with van der Waals surface area (Å²) in [4.78, 5) is 0. The van der Waals surface area contributed by atoms with Crippen LogP contribution in [0.15, 0.2) is 12.1 Å². The second-order valence-electron chi connectivity index (χ2n) is 6.05. The van der Waals surface area contributed by atoms with E-state index < -0.39 is 0 Å². The third kappa shape index (κ3) is 3.74. The Kier molecular flexibility index (Phi) is 5.21. The molecule has 0 fully saturated rings. The van der Waals surface area contributed by atoms with Gasteiger partial charge in [-0.3, -0.25) is 0 Å². The lowest BCUT2D eigenvalue weighted by atomic mass is 9.83. The Morgan fingerprint density at radius 2 is 1.78 bits per heavy atom.